The van der Waals surface area contributed by atoms with E-state index < -0.39 is 5.60 Å². The quantitative estimate of drug-likeness (QED) is 0.473. The van der Waals surface area contributed by atoms with Crippen LogP contribution in [-0.4, -0.2) is 24.3 Å². The molecule has 0 saturated heterocycles. The highest BCUT2D eigenvalue weighted by molar-refractivity contribution is 5.81. The lowest BCUT2D eigenvalue weighted by Gasteiger charge is -2.28. The van der Waals surface area contributed by atoms with Gasteiger partial charge in [0.25, 0.3) is 0 Å². The summed E-state index contributed by atoms with van der Waals surface area (Å²) in [5.74, 6) is -0.368. The number of hydrogen-bond donors (Lipinski definition) is 0. The predicted octanol–water partition coefficient (Wildman–Crippen LogP) is 3.09. The molecule has 0 aromatic carbocycles. The molecule has 0 bridgehead atoms. The van der Waals surface area contributed by atoms with Crippen molar-refractivity contribution in [2.75, 3.05) is 6.61 Å². The Morgan fingerprint density at radius 3 is 2.56 bits per heavy atom. The Hall–Kier alpha value is -0.830. The lowest BCUT2D eigenvalue weighted by atomic mass is 9.99. The van der Waals surface area contributed by atoms with Crippen molar-refractivity contribution in [3.05, 3.63) is 12.7 Å². The highest BCUT2D eigenvalue weighted by Gasteiger charge is 2.25. The molecule has 0 rings (SSSR count). The van der Waals surface area contributed by atoms with Gasteiger partial charge in [-0.1, -0.05) is 20.4 Å². The minimum absolute atomic E-state index is 0.260. The summed E-state index contributed by atoms with van der Waals surface area (Å²) in [5, 5.41) is 0. The molecule has 16 heavy (non-hydrogen) atoms. The van der Waals surface area contributed by atoms with Gasteiger partial charge >= 0.3 is 5.97 Å². The standard InChI is InChI=1S/C13H24O3/c1-6-11(4)15-10-9-13(5,8-3)16-12(14)7-2/h7,11H,2,6,8-10H2,1,3-5H3. The first-order valence-electron chi connectivity index (χ1n) is 5.94. The van der Waals surface area contributed by atoms with E-state index in [0.29, 0.717) is 13.0 Å². The van der Waals surface area contributed by atoms with E-state index in [1.54, 1.807) is 0 Å². The predicted molar refractivity (Wildman–Crippen MR) is 65.3 cm³/mol. The lowest BCUT2D eigenvalue weighted by Crippen LogP contribution is -2.32. The smallest absolute Gasteiger partial charge is 0.330 e. The minimum Gasteiger partial charge on any atom is -0.456 e. The molecule has 0 aromatic heterocycles. The normalized spacial score (nSPS) is 16.2. The van der Waals surface area contributed by atoms with Crippen molar-refractivity contribution < 1.29 is 14.3 Å². The van der Waals surface area contributed by atoms with Crippen molar-refractivity contribution in [3.8, 4) is 0 Å². The summed E-state index contributed by atoms with van der Waals surface area (Å²) in [6.45, 7) is 12.1. The molecule has 2 unspecified atom stereocenters. The monoisotopic (exact) mass is 228 g/mol. The van der Waals surface area contributed by atoms with E-state index in [9.17, 15) is 4.79 Å². The molecule has 3 nitrogen and oxygen atoms in total. The second-order valence-electron chi connectivity index (χ2n) is 4.27. The molecule has 0 aliphatic heterocycles. The van der Waals surface area contributed by atoms with E-state index >= 15 is 0 Å². The first kappa shape index (κ1) is 15.2. The third-order valence-corrected chi connectivity index (χ3v) is 2.87. The van der Waals surface area contributed by atoms with Gasteiger partial charge in [-0.15, -0.1) is 0 Å². The summed E-state index contributed by atoms with van der Waals surface area (Å²) in [6.07, 6.45) is 3.94. The summed E-state index contributed by atoms with van der Waals surface area (Å²) >= 11 is 0. The molecule has 0 radical (unpaired) electrons. The zero-order chi connectivity index (χ0) is 12.6. The second kappa shape index (κ2) is 7.44. The van der Waals surface area contributed by atoms with Gasteiger partial charge in [0.2, 0.25) is 0 Å². The highest BCUT2D eigenvalue weighted by atomic mass is 16.6. The van der Waals surface area contributed by atoms with Crippen molar-refractivity contribution in [2.45, 2.75) is 58.7 Å². The van der Waals surface area contributed by atoms with Crippen LogP contribution in [0.2, 0.25) is 0 Å². The summed E-state index contributed by atoms with van der Waals surface area (Å²) in [6, 6.07) is 0. The molecule has 2 atom stereocenters. The Balaban J connectivity index is 4.06. The molecule has 0 heterocycles. The SMILES string of the molecule is C=CC(=O)OC(C)(CC)CCOC(C)CC. The van der Waals surface area contributed by atoms with Crippen LogP contribution in [0.3, 0.4) is 0 Å². The fourth-order valence-electron chi connectivity index (χ4n) is 1.18. The van der Waals surface area contributed by atoms with E-state index in [1.807, 2.05) is 20.8 Å². The van der Waals surface area contributed by atoms with Crippen molar-refractivity contribution in [3.63, 3.8) is 0 Å². The Morgan fingerprint density at radius 2 is 2.12 bits per heavy atom. The van der Waals surface area contributed by atoms with Crippen LogP contribution in [0.15, 0.2) is 12.7 Å². The largest absolute Gasteiger partial charge is 0.456 e. The topological polar surface area (TPSA) is 35.5 Å². The van der Waals surface area contributed by atoms with Gasteiger partial charge in [-0.25, -0.2) is 4.79 Å². The highest BCUT2D eigenvalue weighted by Crippen LogP contribution is 2.20. The molecule has 0 aromatic rings. The van der Waals surface area contributed by atoms with Gasteiger partial charge < -0.3 is 9.47 Å². The summed E-state index contributed by atoms with van der Waals surface area (Å²) < 4.78 is 10.9. The van der Waals surface area contributed by atoms with Gasteiger partial charge in [0, 0.05) is 12.5 Å². The molecule has 94 valence electrons. The number of carbonyl (C=O) groups is 1. The molecular formula is C13H24O3. The maximum atomic E-state index is 11.2. The van der Waals surface area contributed by atoms with Crippen LogP contribution in [0.25, 0.3) is 0 Å². The van der Waals surface area contributed by atoms with Crippen LogP contribution >= 0.6 is 0 Å². The van der Waals surface area contributed by atoms with E-state index in [2.05, 4.69) is 13.5 Å². The van der Waals surface area contributed by atoms with Crippen LogP contribution in [0.5, 0.6) is 0 Å². The van der Waals surface area contributed by atoms with Gasteiger partial charge in [-0.2, -0.15) is 0 Å². The Morgan fingerprint density at radius 1 is 1.50 bits per heavy atom. The maximum absolute atomic E-state index is 11.2. The van der Waals surface area contributed by atoms with Crippen LogP contribution in [0.1, 0.15) is 47.0 Å². The number of esters is 1. The lowest BCUT2D eigenvalue weighted by molar-refractivity contribution is -0.154. The summed E-state index contributed by atoms with van der Waals surface area (Å²) in [5.41, 5.74) is -0.446. The number of carbonyl (C=O) groups excluding carboxylic acids is 1. The molecule has 0 spiro atoms. The van der Waals surface area contributed by atoms with E-state index in [1.165, 1.54) is 6.08 Å². The molecule has 3 heteroatoms. The van der Waals surface area contributed by atoms with Crippen molar-refractivity contribution >= 4 is 5.97 Å². The van der Waals surface area contributed by atoms with Crippen LogP contribution in [-0.2, 0) is 14.3 Å². The fourth-order valence-corrected chi connectivity index (χ4v) is 1.18. The van der Waals surface area contributed by atoms with Gasteiger partial charge in [0.1, 0.15) is 5.60 Å². The van der Waals surface area contributed by atoms with Gasteiger partial charge in [0.05, 0.1) is 12.7 Å². The molecule has 0 fully saturated rings. The minimum atomic E-state index is -0.446. The van der Waals surface area contributed by atoms with E-state index in [-0.39, 0.29) is 12.1 Å². The fraction of sp³-hybridized carbons (Fsp3) is 0.769. The van der Waals surface area contributed by atoms with Gasteiger partial charge in [-0.3, -0.25) is 0 Å². The molecule has 0 amide bonds. The van der Waals surface area contributed by atoms with E-state index in [0.717, 1.165) is 12.8 Å². The van der Waals surface area contributed by atoms with Crippen molar-refractivity contribution in [2.24, 2.45) is 0 Å². The Kier molecular flexibility index (Phi) is 7.06. The maximum Gasteiger partial charge on any atom is 0.330 e. The average Bonchev–Trinajstić information content (AvgIpc) is 2.28. The van der Waals surface area contributed by atoms with E-state index in [4.69, 9.17) is 9.47 Å². The number of ether oxygens (including phenoxy) is 2. The zero-order valence-corrected chi connectivity index (χ0v) is 10.9. The summed E-state index contributed by atoms with van der Waals surface area (Å²) in [7, 11) is 0. The molecule has 0 aliphatic carbocycles. The third kappa shape index (κ3) is 5.91. The molecule has 0 aliphatic rings. The Bertz CT molecular complexity index is 225. The van der Waals surface area contributed by atoms with Gasteiger partial charge in [0.15, 0.2) is 0 Å². The molecule has 0 N–H and O–H groups in total. The van der Waals surface area contributed by atoms with Crippen LogP contribution in [0.4, 0.5) is 0 Å². The van der Waals surface area contributed by atoms with Crippen LogP contribution in [0, 0.1) is 0 Å². The van der Waals surface area contributed by atoms with Crippen molar-refractivity contribution in [1.29, 1.82) is 0 Å². The molecular weight excluding hydrogens is 204 g/mol. The first-order chi connectivity index (χ1) is 7.47. The van der Waals surface area contributed by atoms with Crippen molar-refractivity contribution in [1.82, 2.24) is 0 Å². The second-order valence-corrected chi connectivity index (χ2v) is 4.27. The van der Waals surface area contributed by atoms with Crippen LogP contribution < -0.4 is 0 Å². The third-order valence-electron chi connectivity index (χ3n) is 2.87. The summed E-state index contributed by atoms with van der Waals surface area (Å²) in [4.78, 5) is 11.2. The van der Waals surface area contributed by atoms with Gasteiger partial charge in [-0.05, 0) is 26.7 Å². The average molecular weight is 228 g/mol. The molecule has 0 saturated carbocycles. The number of rotatable bonds is 8. The zero-order valence-electron chi connectivity index (χ0n) is 10.9. The Labute approximate surface area is 98.8 Å². The first-order valence-corrected chi connectivity index (χ1v) is 5.94. The number of hydrogen-bond acceptors (Lipinski definition) is 3.